The van der Waals surface area contributed by atoms with E-state index >= 15 is 0 Å². The zero-order valence-electron chi connectivity index (χ0n) is 14.6. The Kier molecular flexibility index (Phi) is 5.48. The van der Waals surface area contributed by atoms with Gasteiger partial charge in [0, 0.05) is 16.8 Å². The van der Waals surface area contributed by atoms with Crippen molar-refractivity contribution >= 4 is 48.9 Å². The van der Waals surface area contributed by atoms with Crippen molar-refractivity contribution in [3.8, 4) is 0 Å². The molecule has 146 valence electrons. The average molecular weight is 449 g/mol. The molecular weight excluding hydrogens is 431 g/mol. The Bertz CT molecular complexity index is 1070. The Labute approximate surface area is 169 Å². The van der Waals surface area contributed by atoms with Crippen LogP contribution in [-0.4, -0.2) is 22.9 Å². The van der Waals surface area contributed by atoms with Gasteiger partial charge in [-0.05, 0) is 68.1 Å². The van der Waals surface area contributed by atoms with Gasteiger partial charge in [-0.3, -0.25) is 4.72 Å². The van der Waals surface area contributed by atoms with Gasteiger partial charge in [0.1, 0.15) is 4.90 Å². The summed E-state index contributed by atoms with van der Waals surface area (Å²) in [6.07, 6.45) is 1.66. The number of hydrogen-bond donors (Lipinski definition) is 2. The summed E-state index contributed by atoms with van der Waals surface area (Å²) < 4.78 is 54.9. The molecule has 0 radical (unpaired) electrons. The van der Waals surface area contributed by atoms with E-state index in [2.05, 4.69) is 9.44 Å². The largest absolute Gasteiger partial charge is 0.280 e. The summed E-state index contributed by atoms with van der Waals surface area (Å²) in [6.45, 7) is 3.24. The van der Waals surface area contributed by atoms with E-state index in [0.29, 0.717) is 16.1 Å². The van der Waals surface area contributed by atoms with Crippen molar-refractivity contribution in [3.63, 3.8) is 0 Å². The van der Waals surface area contributed by atoms with Gasteiger partial charge in [0.2, 0.25) is 10.0 Å². The molecule has 1 aliphatic carbocycles. The number of aryl methyl sites for hydroxylation is 1. The van der Waals surface area contributed by atoms with Crippen LogP contribution in [0.5, 0.6) is 0 Å². The number of hydrogen-bond acceptors (Lipinski definition) is 4. The van der Waals surface area contributed by atoms with Gasteiger partial charge >= 0.3 is 0 Å². The number of anilines is 1. The van der Waals surface area contributed by atoms with Crippen LogP contribution < -0.4 is 9.44 Å². The normalized spacial score (nSPS) is 15.0. The molecule has 10 heteroatoms. The highest BCUT2D eigenvalue weighted by atomic mass is 35.5. The van der Waals surface area contributed by atoms with Gasteiger partial charge in [0.05, 0.1) is 9.92 Å². The second-order valence-electron chi connectivity index (χ2n) is 6.47. The van der Waals surface area contributed by atoms with E-state index in [1.165, 1.54) is 24.3 Å². The average Bonchev–Trinajstić information content (AvgIpc) is 3.36. The van der Waals surface area contributed by atoms with E-state index in [4.69, 9.17) is 23.2 Å². The van der Waals surface area contributed by atoms with Crippen molar-refractivity contribution in [2.75, 3.05) is 4.72 Å². The van der Waals surface area contributed by atoms with Crippen LogP contribution in [0, 0.1) is 13.8 Å². The molecule has 2 N–H and O–H groups in total. The number of benzene rings is 2. The first kappa shape index (κ1) is 20.4. The first-order chi connectivity index (χ1) is 12.5. The molecule has 2 aromatic carbocycles. The summed E-state index contributed by atoms with van der Waals surface area (Å²) in [5.74, 6) is 0. The van der Waals surface area contributed by atoms with Gasteiger partial charge in [0.15, 0.2) is 0 Å². The van der Waals surface area contributed by atoms with E-state index in [0.717, 1.165) is 12.8 Å². The van der Waals surface area contributed by atoms with Crippen LogP contribution >= 0.6 is 23.2 Å². The first-order valence-electron chi connectivity index (χ1n) is 8.12. The van der Waals surface area contributed by atoms with Crippen LogP contribution in [0.3, 0.4) is 0 Å². The monoisotopic (exact) mass is 448 g/mol. The lowest BCUT2D eigenvalue weighted by Crippen LogP contribution is -2.25. The highest BCUT2D eigenvalue weighted by molar-refractivity contribution is 7.93. The molecule has 1 aliphatic rings. The standard InChI is InChI=1S/C17H18Cl2N2O4S2/c1-10-9-15(18)11(2)17(16(10)19)27(24,25)21-13-5-7-14(8-6-13)26(22,23)20-12-3-4-12/h5-9,12,20-21H,3-4H2,1-2H3. The Morgan fingerprint density at radius 2 is 1.56 bits per heavy atom. The fourth-order valence-corrected chi connectivity index (χ4v) is 6.11. The van der Waals surface area contributed by atoms with Gasteiger partial charge in [-0.25, -0.2) is 21.6 Å². The van der Waals surface area contributed by atoms with Crippen LogP contribution in [0.25, 0.3) is 0 Å². The van der Waals surface area contributed by atoms with Crippen molar-refractivity contribution in [1.82, 2.24) is 4.72 Å². The maximum atomic E-state index is 12.8. The summed E-state index contributed by atoms with van der Waals surface area (Å²) in [4.78, 5) is -0.0218. The van der Waals surface area contributed by atoms with Crippen molar-refractivity contribution in [2.24, 2.45) is 0 Å². The molecule has 0 heterocycles. The molecule has 0 aliphatic heterocycles. The molecule has 0 saturated heterocycles. The van der Waals surface area contributed by atoms with Crippen molar-refractivity contribution in [3.05, 3.63) is 51.5 Å². The predicted octanol–water partition coefficient (Wildman–Crippen LogP) is 3.85. The molecule has 3 rings (SSSR count). The second-order valence-corrected chi connectivity index (χ2v) is 10.6. The van der Waals surface area contributed by atoms with Crippen LogP contribution in [0.1, 0.15) is 24.0 Å². The Morgan fingerprint density at radius 1 is 0.963 bits per heavy atom. The van der Waals surface area contributed by atoms with Crippen molar-refractivity contribution in [1.29, 1.82) is 0 Å². The maximum absolute atomic E-state index is 12.8. The van der Waals surface area contributed by atoms with Crippen molar-refractivity contribution in [2.45, 2.75) is 42.5 Å². The molecule has 1 saturated carbocycles. The lowest BCUT2D eigenvalue weighted by atomic mass is 10.2. The summed E-state index contributed by atoms with van der Waals surface area (Å²) in [5, 5.41) is 0.391. The molecule has 1 fully saturated rings. The molecule has 2 aromatic rings. The van der Waals surface area contributed by atoms with Gasteiger partial charge in [-0.15, -0.1) is 0 Å². The number of nitrogens with one attached hydrogen (secondary N) is 2. The Balaban J connectivity index is 1.89. The van der Waals surface area contributed by atoms with E-state index in [9.17, 15) is 16.8 Å². The fourth-order valence-electron chi connectivity index (χ4n) is 2.53. The molecule has 0 bridgehead atoms. The minimum atomic E-state index is -4.01. The minimum Gasteiger partial charge on any atom is -0.280 e. The predicted molar refractivity (Wildman–Crippen MR) is 107 cm³/mol. The third-order valence-electron chi connectivity index (χ3n) is 4.17. The van der Waals surface area contributed by atoms with E-state index in [1.54, 1.807) is 19.9 Å². The smallest absolute Gasteiger partial charge is 0.263 e. The number of rotatable bonds is 6. The quantitative estimate of drug-likeness (QED) is 0.701. The third kappa shape index (κ3) is 4.41. The highest BCUT2D eigenvalue weighted by Crippen LogP contribution is 2.34. The van der Waals surface area contributed by atoms with Gasteiger partial charge in [-0.2, -0.15) is 0 Å². The zero-order valence-corrected chi connectivity index (χ0v) is 17.7. The van der Waals surface area contributed by atoms with Gasteiger partial charge in [0.25, 0.3) is 10.0 Å². The molecule has 0 amide bonds. The van der Waals surface area contributed by atoms with Gasteiger partial charge < -0.3 is 0 Å². The fraction of sp³-hybridized carbons (Fsp3) is 0.294. The van der Waals surface area contributed by atoms with Crippen LogP contribution in [0.4, 0.5) is 5.69 Å². The Hall–Kier alpha value is -1.32. The molecule has 0 spiro atoms. The minimum absolute atomic E-state index is 0.00985. The zero-order chi connectivity index (χ0) is 20.0. The third-order valence-corrected chi connectivity index (χ3v) is 8.25. The molecule has 6 nitrogen and oxygen atoms in total. The summed E-state index contributed by atoms with van der Waals surface area (Å²) >= 11 is 12.3. The number of sulfonamides is 2. The summed E-state index contributed by atoms with van der Waals surface area (Å²) in [7, 11) is -7.61. The molecule has 0 aromatic heterocycles. The lowest BCUT2D eigenvalue weighted by Gasteiger charge is -2.15. The molecular formula is C17H18Cl2N2O4S2. The summed E-state index contributed by atoms with van der Waals surface area (Å²) in [6, 6.07) is 7.06. The second kappa shape index (κ2) is 7.25. The van der Waals surface area contributed by atoms with E-state index < -0.39 is 20.0 Å². The van der Waals surface area contributed by atoms with Crippen LogP contribution in [0.2, 0.25) is 10.0 Å². The SMILES string of the molecule is Cc1cc(Cl)c(C)c(S(=O)(=O)Nc2ccc(S(=O)(=O)NC3CC3)cc2)c1Cl. The Morgan fingerprint density at radius 3 is 2.11 bits per heavy atom. The summed E-state index contributed by atoms with van der Waals surface area (Å²) in [5.41, 5.74) is 1.10. The molecule has 27 heavy (non-hydrogen) atoms. The molecule has 0 unspecified atom stereocenters. The first-order valence-corrected chi connectivity index (χ1v) is 11.8. The van der Waals surface area contributed by atoms with Crippen molar-refractivity contribution < 1.29 is 16.8 Å². The topological polar surface area (TPSA) is 92.3 Å². The lowest BCUT2D eigenvalue weighted by molar-refractivity contribution is 0.581. The van der Waals surface area contributed by atoms with E-state index in [1.807, 2.05) is 0 Å². The van der Waals surface area contributed by atoms with Crippen LogP contribution in [0.15, 0.2) is 40.1 Å². The number of halogens is 2. The highest BCUT2D eigenvalue weighted by Gasteiger charge is 2.28. The van der Waals surface area contributed by atoms with Gasteiger partial charge in [-0.1, -0.05) is 23.2 Å². The maximum Gasteiger partial charge on any atom is 0.263 e. The van der Waals surface area contributed by atoms with E-state index in [-0.39, 0.29) is 26.5 Å². The van der Waals surface area contributed by atoms with Crippen LogP contribution in [-0.2, 0) is 20.0 Å². The molecule has 0 atom stereocenters.